The fourth-order valence-electron chi connectivity index (χ4n) is 1.58. The summed E-state index contributed by atoms with van der Waals surface area (Å²) in [5, 5.41) is 3.67. The number of benzene rings is 1. The molecule has 1 rings (SSSR count). The fourth-order valence-corrected chi connectivity index (χ4v) is 3.94. The second-order valence-corrected chi connectivity index (χ2v) is 6.82. The molecule has 1 atom stereocenters. The molecular weight excluding hydrogens is 309 g/mol. The van der Waals surface area contributed by atoms with Gasteiger partial charge in [0, 0.05) is 0 Å². The third-order valence-corrected chi connectivity index (χ3v) is 5.18. The monoisotopic (exact) mass is 327 g/mol. The van der Waals surface area contributed by atoms with Crippen LogP contribution in [0.25, 0.3) is 10.4 Å². The van der Waals surface area contributed by atoms with E-state index >= 15 is 0 Å². The first-order valence-corrected chi connectivity index (χ1v) is 7.90. The summed E-state index contributed by atoms with van der Waals surface area (Å²) in [5.41, 5.74) is 8.42. The summed E-state index contributed by atoms with van der Waals surface area (Å²) >= 11 is 0.256. The van der Waals surface area contributed by atoms with Gasteiger partial charge in [-0.05, 0) is 0 Å². The van der Waals surface area contributed by atoms with Gasteiger partial charge in [-0.2, -0.15) is 0 Å². The Balaban J connectivity index is 2.47. The van der Waals surface area contributed by atoms with Crippen molar-refractivity contribution in [1.29, 1.82) is 0 Å². The SMILES string of the molecule is COC(=O)CCCC(CN=[N+]=[N-])[Se]c1ccccc1. The standard InChI is InChI=1S/C13H17N3O2Se/c1-18-13(17)9-5-8-12(10-15-16-14)19-11-6-3-2-4-7-11/h2-4,6-7,12H,5,8-10H2,1H3. The Morgan fingerprint density at radius 3 is 2.84 bits per heavy atom. The van der Waals surface area contributed by atoms with Crippen LogP contribution in [0.3, 0.4) is 0 Å². The van der Waals surface area contributed by atoms with Gasteiger partial charge in [0.05, 0.1) is 0 Å². The molecule has 0 radical (unpaired) electrons. The molecule has 19 heavy (non-hydrogen) atoms. The second-order valence-electron chi connectivity index (χ2n) is 3.93. The molecule has 0 aliphatic heterocycles. The summed E-state index contributed by atoms with van der Waals surface area (Å²) in [5.74, 6) is -0.185. The average molecular weight is 326 g/mol. The van der Waals surface area contributed by atoms with Gasteiger partial charge in [-0.1, -0.05) is 0 Å². The van der Waals surface area contributed by atoms with Crippen molar-refractivity contribution in [1.82, 2.24) is 0 Å². The minimum atomic E-state index is -0.185. The zero-order chi connectivity index (χ0) is 13.9. The zero-order valence-electron chi connectivity index (χ0n) is 10.9. The van der Waals surface area contributed by atoms with Crippen LogP contribution in [0.15, 0.2) is 35.4 Å². The topological polar surface area (TPSA) is 75.1 Å². The summed E-state index contributed by atoms with van der Waals surface area (Å²) in [6, 6.07) is 10.2. The number of azide groups is 1. The molecule has 0 saturated carbocycles. The molecule has 5 nitrogen and oxygen atoms in total. The molecule has 0 N–H and O–H groups in total. The van der Waals surface area contributed by atoms with Crippen molar-refractivity contribution in [3.8, 4) is 0 Å². The van der Waals surface area contributed by atoms with E-state index in [1.165, 1.54) is 11.6 Å². The fraction of sp³-hybridized carbons (Fsp3) is 0.462. The van der Waals surface area contributed by atoms with E-state index in [4.69, 9.17) is 5.53 Å². The van der Waals surface area contributed by atoms with Crippen molar-refractivity contribution in [3.63, 3.8) is 0 Å². The quantitative estimate of drug-likeness (QED) is 0.242. The van der Waals surface area contributed by atoms with E-state index in [-0.39, 0.29) is 20.9 Å². The summed E-state index contributed by atoms with van der Waals surface area (Å²) in [6.45, 7) is 0.493. The molecule has 0 saturated heterocycles. The Morgan fingerprint density at radius 2 is 2.21 bits per heavy atom. The number of nitrogens with zero attached hydrogens (tertiary/aromatic N) is 3. The number of carbonyl (C=O) groups is 1. The third kappa shape index (κ3) is 6.87. The average Bonchev–Trinajstić information content (AvgIpc) is 2.45. The van der Waals surface area contributed by atoms with Crippen molar-refractivity contribution < 1.29 is 9.53 Å². The summed E-state index contributed by atoms with van der Waals surface area (Å²) in [7, 11) is 1.40. The predicted octanol–water partition coefficient (Wildman–Crippen LogP) is 2.46. The summed E-state index contributed by atoms with van der Waals surface area (Å²) in [4.78, 5) is 14.2. The van der Waals surface area contributed by atoms with Gasteiger partial charge in [0.2, 0.25) is 0 Å². The van der Waals surface area contributed by atoms with E-state index in [0.29, 0.717) is 17.8 Å². The number of carbonyl (C=O) groups excluding carboxylic acids is 1. The van der Waals surface area contributed by atoms with Gasteiger partial charge in [0.1, 0.15) is 0 Å². The molecule has 1 aromatic rings. The van der Waals surface area contributed by atoms with Crippen molar-refractivity contribution >= 4 is 25.4 Å². The van der Waals surface area contributed by atoms with Crippen LogP contribution in [-0.4, -0.2) is 34.6 Å². The van der Waals surface area contributed by atoms with Crippen LogP contribution in [0.1, 0.15) is 19.3 Å². The molecule has 1 unspecified atom stereocenters. The zero-order valence-corrected chi connectivity index (χ0v) is 12.6. The summed E-state index contributed by atoms with van der Waals surface area (Å²) < 4.78 is 5.90. The van der Waals surface area contributed by atoms with E-state index in [9.17, 15) is 4.79 Å². The van der Waals surface area contributed by atoms with Crippen molar-refractivity contribution in [3.05, 3.63) is 40.8 Å². The molecule has 0 aliphatic carbocycles. The molecule has 0 aromatic heterocycles. The molecule has 102 valence electrons. The van der Waals surface area contributed by atoms with E-state index in [2.05, 4.69) is 26.9 Å². The number of hydrogen-bond acceptors (Lipinski definition) is 3. The van der Waals surface area contributed by atoms with E-state index < -0.39 is 0 Å². The minimum absolute atomic E-state index is 0.185. The Labute approximate surface area is 119 Å². The summed E-state index contributed by atoms with van der Waals surface area (Å²) in [6.07, 6.45) is 2.07. The van der Waals surface area contributed by atoms with Crippen LogP contribution in [0.4, 0.5) is 0 Å². The molecule has 0 amide bonds. The van der Waals surface area contributed by atoms with E-state index in [1.54, 1.807) is 0 Å². The van der Waals surface area contributed by atoms with Crippen LogP contribution in [0, 0.1) is 0 Å². The molecular formula is C13H17N3O2Se. The van der Waals surface area contributed by atoms with Gasteiger partial charge < -0.3 is 0 Å². The third-order valence-electron chi connectivity index (χ3n) is 2.53. The number of ether oxygens (including phenoxy) is 1. The Kier molecular flexibility index (Phi) is 7.75. The number of hydrogen-bond donors (Lipinski definition) is 0. The Bertz CT molecular complexity index is 433. The molecule has 0 bridgehead atoms. The first-order chi connectivity index (χ1) is 9.26. The van der Waals surface area contributed by atoms with Crippen LogP contribution in [0.2, 0.25) is 4.82 Å². The molecule has 0 aliphatic rings. The molecule has 6 heteroatoms. The second kappa shape index (κ2) is 9.45. The first-order valence-electron chi connectivity index (χ1n) is 6.05. The molecule has 0 fully saturated rings. The maximum absolute atomic E-state index is 11.1. The van der Waals surface area contributed by atoms with Crippen LogP contribution >= 0.6 is 0 Å². The number of rotatable bonds is 8. The molecule has 1 aromatic carbocycles. The van der Waals surface area contributed by atoms with Crippen molar-refractivity contribution in [2.45, 2.75) is 24.1 Å². The van der Waals surface area contributed by atoms with Gasteiger partial charge in [-0.25, -0.2) is 0 Å². The van der Waals surface area contributed by atoms with Crippen LogP contribution < -0.4 is 4.46 Å². The normalized spacial score (nSPS) is 11.4. The van der Waals surface area contributed by atoms with Crippen molar-refractivity contribution in [2.24, 2.45) is 5.11 Å². The first kappa shape index (κ1) is 15.6. The van der Waals surface area contributed by atoms with Gasteiger partial charge in [-0.3, -0.25) is 0 Å². The van der Waals surface area contributed by atoms with Gasteiger partial charge in [-0.15, -0.1) is 0 Å². The number of esters is 1. The van der Waals surface area contributed by atoms with Gasteiger partial charge in [0.25, 0.3) is 0 Å². The molecule has 0 heterocycles. The Hall–Kier alpha value is -1.48. The van der Waals surface area contributed by atoms with Gasteiger partial charge >= 0.3 is 119 Å². The number of methoxy groups -OCH3 is 1. The predicted molar refractivity (Wildman–Crippen MR) is 75.5 cm³/mol. The maximum atomic E-state index is 11.1. The van der Waals surface area contributed by atoms with E-state index in [0.717, 1.165) is 12.8 Å². The van der Waals surface area contributed by atoms with Crippen LogP contribution in [-0.2, 0) is 9.53 Å². The molecule has 0 spiro atoms. The van der Waals surface area contributed by atoms with Gasteiger partial charge in [0.15, 0.2) is 0 Å². The van der Waals surface area contributed by atoms with Crippen molar-refractivity contribution in [2.75, 3.05) is 13.7 Å². The van der Waals surface area contributed by atoms with Crippen LogP contribution in [0.5, 0.6) is 0 Å². The Morgan fingerprint density at radius 1 is 1.47 bits per heavy atom. The van der Waals surface area contributed by atoms with E-state index in [1.807, 2.05) is 18.2 Å².